The Hall–Kier alpha value is -5.90. The number of halogens is 8. The molecule has 0 saturated carbocycles. The molecule has 6 rings (SSSR count). The number of hydrogen-bond donors (Lipinski definition) is 4. The van der Waals surface area contributed by atoms with Crippen LogP contribution in [-0.2, 0) is 12.4 Å². The molecule has 312 valence electrons. The first-order valence-corrected chi connectivity index (χ1v) is 17.2. The van der Waals surface area contributed by atoms with Gasteiger partial charge < -0.3 is 30.6 Å². The fourth-order valence-corrected chi connectivity index (χ4v) is 5.78. The van der Waals surface area contributed by atoms with Gasteiger partial charge in [-0.3, -0.25) is 0 Å². The standard InChI is InChI=1S/2C18H20F4N6O/c2*1-17(2,29)15(10-5-6-11(12(19)7-10)18(20,21)22)25-14-8-13(27(3)4)26-16-23-9-24-28(14)16/h2*5-9,15,25,29H,1-4H3/t2*15-/m10/s1. The summed E-state index contributed by atoms with van der Waals surface area (Å²) in [6.07, 6.45) is -7.02. The molecule has 0 radical (unpaired) electrons. The van der Waals surface area contributed by atoms with Gasteiger partial charge in [0.15, 0.2) is 0 Å². The second kappa shape index (κ2) is 15.8. The van der Waals surface area contributed by atoms with Crippen molar-refractivity contribution in [2.45, 2.75) is 63.3 Å². The Balaban J connectivity index is 0.000000221. The van der Waals surface area contributed by atoms with E-state index in [-0.39, 0.29) is 22.7 Å². The number of aromatic nitrogens is 8. The van der Waals surface area contributed by atoms with Crippen LogP contribution in [0.4, 0.5) is 58.4 Å². The predicted molar refractivity (Wildman–Crippen MR) is 198 cm³/mol. The fourth-order valence-electron chi connectivity index (χ4n) is 5.78. The number of nitrogens with zero attached hydrogens (tertiary/aromatic N) is 10. The summed E-state index contributed by atoms with van der Waals surface area (Å²) in [5.41, 5.74) is -5.37. The van der Waals surface area contributed by atoms with Gasteiger partial charge in [-0.05, 0) is 63.1 Å². The number of aliphatic hydroxyl groups is 2. The summed E-state index contributed by atoms with van der Waals surface area (Å²) in [5.74, 6) is -0.422. The van der Waals surface area contributed by atoms with Crippen LogP contribution in [0.2, 0.25) is 0 Å². The summed E-state index contributed by atoms with van der Waals surface area (Å²) in [6.45, 7) is 5.86. The molecule has 6 aromatic rings. The fraction of sp³-hybridized carbons (Fsp3) is 0.389. The van der Waals surface area contributed by atoms with Gasteiger partial charge in [0.05, 0.1) is 34.4 Å². The lowest BCUT2D eigenvalue weighted by molar-refractivity contribution is -0.140. The molecule has 22 heteroatoms. The number of benzene rings is 2. The zero-order chi connectivity index (χ0) is 43.1. The molecule has 0 amide bonds. The van der Waals surface area contributed by atoms with Crippen molar-refractivity contribution >= 4 is 34.8 Å². The van der Waals surface area contributed by atoms with Crippen molar-refractivity contribution in [1.29, 1.82) is 0 Å². The molecule has 4 N–H and O–H groups in total. The molecule has 0 unspecified atom stereocenters. The van der Waals surface area contributed by atoms with E-state index in [4.69, 9.17) is 0 Å². The maximum Gasteiger partial charge on any atom is 0.419 e. The molecule has 0 aliphatic carbocycles. The third-order valence-corrected chi connectivity index (χ3v) is 8.65. The third kappa shape index (κ3) is 9.61. The van der Waals surface area contributed by atoms with Gasteiger partial charge in [-0.15, -0.1) is 0 Å². The highest BCUT2D eigenvalue weighted by Gasteiger charge is 2.38. The Labute approximate surface area is 326 Å². The molecule has 0 spiro atoms. The van der Waals surface area contributed by atoms with Crippen molar-refractivity contribution in [3.63, 3.8) is 0 Å². The molecule has 0 aliphatic rings. The van der Waals surface area contributed by atoms with Crippen molar-refractivity contribution in [3.8, 4) is 0 Å². The maximum atomic E-state index is 14.1. The van der Waals surface area contributed by atoms with Gasteiger partial charge in [0.25, 0.3) is 11.6 Å². The van der Waals surface area contributed by atoms with E-state index < -0.39 is 58.4 Å². The first kappa shape index (κ1) is 43.2. The van der Waals surface area contributed by atoms with E-state index in [1.165, 1.54) is 49.4 Å². The number of hydrogen-bond acceptors (Lipinski definition) is 12. The SMILES string of the molecule is CN(C)c1cc(N[C@@H](c2ccc(C(F)(F)F)c(F)c2)C(C)(C)O)n2ncnc2n1.CN(C)c1cc(N[C@H](c2ccc(C(F)(F)F)c(F)c2)C(C)(C)O)n2ncnc2n1. The van der Waals surface area contributed by atoms with Crippen molar-refractivity contribution < 1.29 is 45.3 Å². The largest absolute Gasteiger partial charge is 0.419 e. The lowest BCUT2D eigenvalue weighted by atomic mass is 9.91. The Kier molecular flexibility index (Phi) is 11.8. The minimum Gasteiger partial charge on any atom is -0.388 e. The van der Waals surface area contributed by atoms with Gasteiger partial charge in [0, 0.05) is 40.3 Å². The van der Waals surface area contributed by atoms with Crippen LogP contribution < -0.4 is 20.4 Å². The van der Waals surface area contributed by atoms with Gasteiger partial charge in [-0.25, -0.2) is 8.78 Å². The molecule has 0 bridgehead atoms. The van der Waals surface area contributed by atoms with Gasteiger partial charge in [-0.1, -0.05) is 12.1 Å². The monoisotopic (exact) mass is 824 g/mol. The number of anilines is 4. The molecule has 0 fully saturated rings. The van der Waals surface area contributed by atoms with E-state index in [1.807, 2.05) is 0 Å². The van der Waals surface area contributed by atoms with Crippen molar-refractivity contribution in [1.82, 2.24) is 39.2 Å². The van der Waals surface area contributed by atoms with Gasteiger partial charge >= 0.3 is 12.4 Å². The number of rotatable bonds is 10. The van der Waals surface area contributed by atoms with Crippen LogP contribution >= 0.6 is 0 Å². The zero-order valence-corrected chi connectivity index (χ0v) is 32.3. The normalized spacial score (nSPS) is 13.6. The lowest BCUT2D eigenvalue weighted by Crippen LogP contribution is -2.35. The van der Waals surface area contributed by atoms with Crippen LogP contribution in [0.1, 0.15) is 62.0 Å². The molecule has 2 aromatic carbocycles. The minimum atomic E-state index is -4.81. The summed E-state index contributed by atoms with van der Waals surface area (Å²) >= 11 is 0. The van der Waals surface area contributed by atoms with E-state index in [9.17, 15) is 45.3 Å². The Bertz CT molecular complexity index is 2220. The van der Waals surface area contributed by atoms with Crippen LogP contribution in [0.5, 0.6) is 0 Å². The molecule has 58 heavy (non-hydrogen) atoms. The van der Waals surface area contributed by atoms with E-state index in [0.29, 0.717) is 35.4 Å². The number of alkyl halides is 6. The second-order valence-electron chi connectivity index (χ2n) is 14.7. The number of nitrogens with one attached hydrogen (secondary N) is 2. The van der Waals surface area contributed by atoms with Crippen LogP contribution in [0.3, 0.4) is 0 Å². The molecule has 2 atom stereocenters. The second-order valence-corrected chi connectivity index (χ2v) is 14.7. The molecular weight excluding hydrogens is 784 g/mol. The van der Waals surface area contributed by atoms with Crippen molar-refractivity contribution in [3.05, 3.63) is 95.1 Å². The average Bonchev–Trinajstić information content (AvgIpc) is 3.77. The topological polar surface area (TPSA) is 157 Å². The highest BCUT2D eigenvalue weighted by Crippen LogP contribution is 2.37. The first-order valence-electron chi connectivity index (χ1n) is 17.2. The quantitative estimate of drug-likeness (QED) is 0.111. The summed E-state index contributed by atoms with van der Waals surface area (Å²) in [7, 11) is 7.10. The first-order chi connectivity index (χ1) is 26.8. The molecule has 4 heterocycles. The van der Waals surface area contributed by atoms with Gasteiger partial charge in [0.2, 0.25) is 0 Å². The third-order valence-electron chi connectivity index (χ3n) is 8.65. The predicted octanol–water partition coefficient (Wildman–Crippen LogP) is 6.54. The van der Waals surface area contributed by atoms with E-state index >= 15 is 0 Å². The Morgan fingerprint density at radius 3 is 1.21 bits per heavy atom. The van der Waals surface area contributed by atoms with Gasteiger partial charge in [-0.2, -0.15) is 65.5 Å². The van der Waals surface area contributed by atoms with Crippen molar-refractivity contribution in [2.75, 3.05) is 48.6 Å². The molecular formula is C36H40F8N12O2. The van der Waals surface area contributed by atoms with E-state index in [1.54, 1.807) is 50.1 Å². The molecule has 0 aliphatic heterocycles. The maximum absolute atomic E-state index is 14.1. The molecule has 14 nitrogen and oxygen atoms in total. The van der Waals surface area contributed by atoms with Crippen LogP contribution in [0.15, 0.2) is 61.2 Å². The van der Waals surface area contributed by atoms with E-state index in [2.05, 4.69) is 40.8 Å². The van der Waals surface area contributed by atoms with Crippen LogP contribution in [-0.4, -0.2) is 88.8 Å². The van der Waals surface area contributed by atoms with E-state index in [0.717, 1.165) is 24.3 Å². The van der Waals surface area contributed by atoms with Crippen molar-refractivity contribution in [2.24, 2.45) is 0 Å². The van der Waals surface area contributed by atoms with Crippen LogP contribution in [0, 0.1) is 11.6 Å². The molecule has 0 saturated heterocycles. The Morgan fingerprint density at radius 1 is 0.586 bits per heavy atom. The summed E-state index contributed by atoms with van der Waals surface area (Å²) in [6, 6.07) is 6.50. The highest BCUT2D eigenvalue weighted by molar-refractivity contribution is 5.57. The summed E-state index contributed by atoms with van der Waals surface area (Å²) < 4.78 is 108. The average molecular weight is 825 g/mol. The lowest BCUT2D eigenvalue weighted by Gasteiger charge is -2.32. The number of fused-ring (bicyclic) bond motifs is 2. The summed E-state index contributed by atoms with van der Waals surface area (Å²) in [4.78, 5) is 20.2. The van der Waals surface area contributed by atoms with Crippen LogP contribution in [0.25, 0.3) is 11.6 Å². The summed E-state index contributed by atoms with van der Waals surface area (Å²) in [5, 5.41) is 35.5. The highest BCUT2D eigenvalue weighted by atomic mass is 19.4. The smallest absolute Gasteiger partial charge is 0.388 e. The zero-order valence-electron chi connectivity index (χ0n) is 32.3. The van der Waals surface area contributed by atoms with Gasteiger partial charge in [0.1, 0.15) is 47.6 Å². The minimum absolute atomic E-state index is 0.138. The molecule has 4 aromatic heterocycles. The Morgan fingerprint density at radius 2 is 0.931 bits per heavy atom.